The van der Waals surface area contributed by atoms with E-state index in [1.807, 2.05) is 13.8 Å². The summed E-state index contributed by atoms with van der Waals surface area (Å²) in [5.74, 6) is -2.22. The lowest BCUT2D eigenvalue weighted by atomic mass is 9.92. The Hall–Kier alpha value is -1.95. The highest BCUT2D eigenvalue weighted by molar-refractivity contribution is 6.39. The molecule has 0 heterocycles. The van der Waals surface area contributed by atoms with E-state index in [-0.39, 0.29) is 12.2 Å². The molecular weight excluding hydrogens is 299 g/mol. The number of halogens is 1. The van der Waals surface area contributed by atoms with Crippen molar-refractivity contribution in [1.82, 2.24) is 5.32 Å². The summed E-state index contributed by atoms with van der Waals surface area (Å²) in [5, 5.41) is 15.2. The van der Waals surface area contributed by atoms with Gasteiger partial charge in [0, 0.05) is 12.2 Å². The fourth-order valence-electron chi connectivity index (χ4n) is 2.47. The van der Waals surface area contributed by atoms with Gasteiger partial charge in [-0.15, -0.1) is 0 Å². The van der Waals surface area contributed by atoms with Gasteiger partial charge in [0.2, 0.25) is 0 Å². The third-order valence-corrected chi connectivity index (χ3v) is 3.66. The van der Waals surface area contributed by atoms with Crippen molar-refractivity contribution in [2.24, 2.45) is 0 Å². The first-order valence-corrected chi connectivity index (χ1v) is 7.89. The zero-order valence-electron chi connectivity index (χ0n) is 13.9. The van der Waals surface area contributed by atoms with E-state index < -0.39 is 23.2 Å². The van der Waals surface area contributed by atoms with Gasteiger partial charge in [-0.3, -0.25) is 9.59 Å². The maximum Gasteiger partial charge on any atom is 0.313 e. The van der Waals surface area contributed by atoms with Crippen LogP contribution in [0.5, 0.6) is 0 Å². The molecule has 0 fully saturated rings. The van der Waals surface area contributed by atoms with Crippen LogP contribution in [-0.2, 0) is 9.59 Å². The molecule has 1 rings (SSSR count). The second-order valence-corrected chi connectivity index (χ2v) is 5.82. The lowest BCUT2D eigenvalue weighted by Gasteiger charge is -2.27. The van der Waals surface area contributed by atoms with Gasteiger partial charge in [0.05, 0.1) is 5.60 Å². The van der Waals surface area contributed by atoms with Crippen LogP contribution in [0, 0.1) is 12.7 Å². The first-order chi connectivity index (χ1) is 10.8. The zero-order valence-corrected chi connectivity index (χ0v) is 13.9. The van der Waals surface area contributed by atoms with Crippen molar-refractivity contribution in [3.8, 4) is 0 Å². The number of hydrogen-bond acceptors (Lipinski definition) is 3. The first kappa shape index (κ1) is 19.1. The van der Waals surface area contributed by atoms with Crippen molar-refractivity contribution >= 4 is 17.5 Å². The zero-order chi connectivity index (χ0) is 17.5. The summed E-state index contributed by atoms with van der Waals surface area (Å²) in [5.41, 5.74) is -0.0997. The third-order valence-electron chi connectivity index (χ3n) is 3.66. The Balaban J connectivity index is 2.63. The van der Waals surface area contributed by atoms with Crippen LogP contribution in [0.3, 0.4) is 0 Å². The number of carbonyl (C=O) groups excluding carboxylic acids is 2. The van der Waals surface area contributed by atoms with Crippen LogP contribution in [0.4, 0.5) is 10.1 Å². The van der Waals surface area contributed by atoms with Gasteiger partial charge in [-0.05, 0) is 37.5 Å². The number of hydrogen-bond donors (Lipinski definition) is 3. The molecule has 2 amide bonds. The number of benzene rings is 1. The second-order valence-electron chi connectivity index (χ2n) is 5.82. The molecule has 3 N–H and O–H groups in total. The maximum absolute atomic E-state index is 13.2. The monoisotopic (exact) mass is 324 g/mol. The van der Waals surface area contributed by atoms with E-state index in [1.54, 1.807) is 6.92 Å². The van der Waals surface area contributed by atoms with Gasteiger partial charge < -0.3 is 15.7 Å². The van der Waals surface area contributed by atoms with Crippen LogP contribution in [0.2, 0.25) is 0 Å². The van der Waals surface area contributed by atoms with Gasteiger partial charge in [-0.25, -0.2) is 4.39 Å². The minimum Gasteiger partial charge on any atom is -0.388 e. The van der Waals surface area contributed by atoms with Gasteiger partial charge >= 0.3 is 11.8 Å². The van der Waals surface area contributed by atoms with E-state index in [2.05, 4.69) is 10.6 Å². The van der Waals surface area contributed by atoms with Crippen molar-refractivity contribution in [2.45, 2.75) is 52.1 Å². The van der Waals surface area contributed by atoms with E-state index in [4.69, 9.17) is 0 Å². The molecule has 6 heteroatoms. The average Bonchev–Trinajstić information content (AvgIpc) is 2.49. The standard InChI is InChI=1S/C17H25FN2O3/c1-4-8-17(23,9-5-2)11-19-15(21)16(22)20-14-10-13(18)7-6-12(14)3/h6-7,10,23H,4-5,8-9,11H2,1-3H3,(H,19,21)(H,20,22). The third kappa shape index (κ3) is 5.98. The minimum absolute atomic E-state index is 0.0169. The molecule has 0 aliphatic rings. The van der Waals surface area contributed by atoms with Crippen LogP contribution in [-0.4, -0.2) is 29.1 Å². The molecule has 128 valence electrons. The Morgan fingerprint density at radius 3 is 2.35 bits per heavy atom. The van der Waals surface area contributed by atoms with Crippen molar-refractivity contribution in [3.63, 3.8) is 0 Å². The Morgan fingerprint density at radius 1 is 1.17 bits per heavy atom. The normalized spacial score (nSPS) is 11.2. The lowest BCUT2D eigenvalue weighted by Crippen LogP contribution is -2.46. The number of aliphatic hydroxyl groups is 1. The summed E-state index contributed by atoms with van der Waals surface area (Å²) in [6.45, 7) is 5.61. The molecule has 0 radical (unpaired) electrons. The molecule has 0 bridgehead atoms. The van der Waals surface area contributed by atoms with Gasteiger partial charge in [0.1, 0.15) is 5.82 Å². The quantitative estimate of drug-likeness (QED) is 0.674. The highest BCUT2D eigenvalue weighted by atomic mass is 19.1. The fraction of sp³-hybridized carbons (Fsp3) is 0.529. The van der Waals surface area contributed by atoms with Crippen LogP contribution in [0.25, 0.3) is 0 Å². The molecule has 0 unspecified atom stereocenters. The molecule has 1 aromatic carbocycles. The first-order valence-electron chi connectivity index (χ1n) is 7.89. The summed E-state index contributed by atoms with van der Waals surface area (Å²) in [6.07, 6.45) is 2.65. The molecule has 0 saturated heterocycles. The molecule has 0 atom stereocenters. The Bertz CT molecular complexity index is 555. The predicted octanol–water partition coefficient (Wildman–Crippen LogP) is 2.52. The van der Waals surface area contributed by atoms with E-state index in [0.29, 0.717) is 18.4 Å². The van der Waals surface area contributed by atoms with Crippen molar-refractivity contribution < 1.29 is 19.1 Å². The Labute approximate surface area is 136 Å². The Kier molecular flexibility index (Phi) is 7.16. The average molecular weight is 324 g/mol. The Morgan fingerprint density at radius 2 is 1.78 bits per heavy atom. The maximum atomic E-state index is 13.2. The summed E-state index contributed by atoms with van der Waals surface area (Å²) in [7, 11) is 0. The fourth-order valence-corrected chi connectivity index (χ4v) is 2.47. The molecule has 0 spiro atoms. The number of carbonyl (C=O) groups is 2. The van der Waals surface area contributed by atoms with E-state index in [9.17, 15) is 19.1 Å². The highest BCUT2D eigenvalue weighted by Gasteiger charge is 2.26. The number of aryl methyl sites for hydroxylation is 1. The summed E-state index contributed by atoms with van der Waals surface area (Å²) < 4.78 is 13.2. The highest BCUT2D eigenvalue weighted by Crippen LogP contribution is 2.19. The largest absolute Gasteiger partial charge is 0.388 e. The summed E-state index contributed by atoms with van der Waals surface area (Å²) >= 11 is 0. The van der Waals surface area contributed by atoms with Crippen molar-refractivity contribution in [2.75, 3.05) is 11.9 Å². The van der Waals surface area contributed by atoms with E-state index >= 15 is 0 Å². The SMILES string of the molecule is CCCC(O)(CCC)CNC(=O)C(=O)Nc1cc(F)ccc1C. The lowest BCUT2D eigenvalue weighted by molar-refractivity contribution is -0.137. The summed E-state index contributed by atoms with van der Waals surface area (Å²) in [6, 6.07) is 3.95. The molecular formula is C17H25FN2O3. The van der Waals surface area contributed by atoms with Gasteiger partial charge in [-0.1, -0.05) is 32.8 Å². The second kappa shape index (κ2) is 8.62. The topological polar surface area (TPSA) is 78.4 Å². The molecule has 5 nitrogen and oxygen atoms in total. The van der Waals surface area contributed by atoms with Gasteiger partial charge in [-0.2, -0.15) is 0 Å². The molecule has 0 saturated carbocycles. The smallest absolute Gasteiger partial charge is 0.313 e. The van der Waals surface area contributed by atoms with E-state index in [1.165, 1.54) is 12.1 Å². The van der Waals surface area contributed by atoms with Crippen LogP contribution >= 0.6 is 0 Å². The number of rotatable bonds is 7. The van der Waals surface area contributed by atoms with Crippen molar-refractivity contribution in [3.05, 3.63) is 29.6 Å². The molecule has 0 aliphatic carbocycles. The molecule has 0 aromatic heterocycles. The molecule has 1 aromatic rings. The van der Waals surface area contributed by atoms with Gasteiger partial charge in [0.15, 0.2) is 0 Å². The number of nitrogens with one attached hydrogen (secondary N) is 2. The minimum atomic E-state index is -1.01. The van der Waals surface area contributed by atoms with E-state index in [0.717, 1.165) is 18.9 Å². The van der Waals surface area contributed by atoms with Crippen LogP contribution < -0.4 is 10.6 Å². The predicted molar refractivity (Wildman–Crippen MR) is 87.5 cm³/mol. The number of anilines is 1. The summed E-state index contributed by atoms with van der Waals surface area (Å²) in [4.78, 5) is 23.8. The number of amides is 2. The molecule has 0 aliphatic heterocycles. The van der Waals surface area contributed by atoms with Crippen molar-refractivity contribution in [1.29, 1.82) is 0 Å². The van der Waals surface area contributed by atoms with Crippen LogP contribution in [0.15, 0.2) is 18.2 Å². The van der Waals surface area contributed by atoms with Gasteiger partial charge in [0.25, 0.3) is 0 Å². The van der Waals surface area contributed by atoms with Crippen LogP contribution in [0.1, 0.15) is 45.1 Å². The molecule has 23 heavy (non-hydrogen) atoms.